The highest BCUT2D eigenvalue weighted by Gasteiger charge is 2.06. The maximum Gasteiger partial charge on any atom is 0.264 e. The van der Waals surface area contributed by atoms with Gasteiger partial charge in [-0.25, -0.2) is 4.98 Å². The predicted octanol–water partition coefficient (Wildman–Crippen LogP) is 3.09. The second-order valence-electron chi connectivity index (χ2n) is 4.44. The molecule has 0 aliphatic carbocycles. The van der Waals surface area contributed by atoms with Crippen molar-refractivity contribution in [3.05, 3.63) is 40.4 Å². The van der Waals surface area contributed by atoms with Crippen molar-refractivity contribution in [3.8, 4) is 5.75 Å². The van der Waals surface area contributed by atoms with Crippen LogP contribution in [0.2, 0.25) is 0 Å². The van der Waals surface area contributed by atoms with Gasteiger partial charge >= 0.3 is 0 Å². The maximum absolute atomic E-state index is 11.7. The van der Waals surface area contributed by atoms with Crippen LogP contribution in [0.3, 0.4) is 0 Å². The minimum absolute atomic E-state index is 0.0124. The van der Waals surface area contributed by atoms with Gasteiger partial charge in [-0.1, -0.05) is 6.07 Å². The molecule has 1 aromatic carbocycles. The molecule has 1 aromatic heterocycles. The first-order valence-corrected chi connectivity index (χ1v) is 6.78. The average molecular weight is 276 g/mol. The third kappa shape index (κ3) is 4.06. The summed E-state index contributed by atoms with van der Waals surface area (Å²) in [5.41, 5.74) is 2.23. The smallest absolute Gasteiger partial charge is 0.264 e. The van der Waals surface area contributed by atoms with Gasteiger partial charge in [0.15, 0.2) is 11.7 Å². The van der Waals surface area contributed by atoms with Crippen molar-refractivity contribution in [2.24, 2.45) is 0 Å². The Morgan fingerprint density at radius 3 is 2.53 bits per heavy atom. The van der Waals surface area contributed by atoms with Gasteiger partial charge in [0.1, 0.15) is 5.75 Å². The van der Waals surface area contributed by atoms with Gasteiger partial charge in [0.25, 0.3) is 5.91 Å². The number of carbonyl (C=O) groups is 1. The number of rotatable bonds is 4. The summed E-state index contributed by atoms with van der Waals surface area (Å²) in [6.07, 6.45) is 1.73. The summed E-state index contributed by atoms with van der Waals surface area (Å²) in [4.78, 5) is 16.8. The Hall–Kier alpha value is -1.88. The van der Waals surface area contributed by atoms with Gasteiger partial charge < -0.3 is 4.74 Å². The Balaban J connectivity index is 1.89. The van der Waals surface area contributed by atoms with Crippen LogP contribution >= 0.6 is 11.3 Å². The summed E-state index contributed by atoms with van der Waals surface area (Å²) in [6.45, 7) is 5.93. The maximum atomic E-state index is 11.7. The molecule has 1 N–H and O–H groups in total. The molecular weight excluding hydrogens is 260 g/mol. The molecule has 2 rings (SSSR count). The molecule has 100 valence electrons. The minimum atomic E-state index is -0.200. The number of amides is 1. The molecule has 1 amide bonds. The molecule has 2 aromatic rings. The monoisotopic (exact) mass is 276 g/mol. The molecule has 4 nitrogen and oxygen atoms in total. The summed E-state index contributed by atoms with van der Waals surface area (Å²) in [5.74, 6) is 0.511. The lowest BCUT2D eigenvalue weighted by molar-refractivity contribution is -0.118. The zero-order valence-electron chi connectivity index (χ0n) is 11.2. The molecule has 0 radical (unpaired) electrons. The van der Waals surface area contributed by atoms with E-state index < -0.39 is 0 Å². The molecule has 0 bridgehead atoms. The van der Waals surface area contributed by atoms with Crippen molar-refractivity contribution in [1.82, 2.24) is 4.98 Å². The molecule has 0 spiro atoms. The Bertz CT molecular complexity index is 573. The van der Waals surface area contributed by atoms with E-state index in [4.69, 9.17) is 4.74 Å². The third-order valence-corrected chi connectivity index (χ3v) is 3.26. The lowest BCUT2D eigenvalue weighted by atomic mass is 10.1. The van der Waals surface area contributed by atoms with E-state index in [-0.39, 0.29) is 12.5 Å². The molecule has 0 atom stereocenters. The number of hydrogen-bond donors (Lipinski definition) is 1. The largest absolute Gasteiger partial charge is 0.484 e. The number of thiazole rings is 1. The van der Waals surface area contributed by atoms with E-state index >= 15 is 0 Å². The van der Waals surface area contributed by atoms with Crippen molar-refractivity contribution in [2.45, 2.75) is 20.8 Å². The van der Waals surface area contributed by atoms with Gasteiger partial charge in [-0.2, -0.15) is 0 Å². The zero-order chi connectivity index (χ0) is 13.8. The molecule has 0 aliphatic rings. The Morgan fingerprint density at radius 2 is 1.95 bits per heavy atom. The van der Waals surface area contributed by atoms with E-state index in [1.54, 1.807) is 6.20 Å². The summed E-state index contributed by atoms with van der Waals surface area (Å²) < 4.78 is 5.47. The van der Waals surface area contributed by atoms with Crippen molar-refractivity contribution in [3.63, 3.8) is 0 Å². The van der Waals surface area contributed by atoms with Crippen LogP contribution in [0.1, 0.15) is 16.0 Å². The summed E-state index contributed by atoms with van der Waals surface area (Å²) in [7, 11) is 0. The van der Waals surface area contributed by atoms with Crippen molar-refractivity contribution < 1.29 is 9.53 Å². The normalized spacial score (nSPS) is 10.3. The van der Waals surface area contributed by atoms with Crippen LogP contribution in [-0.2, 0) is 4.79 Å². The molecular formula is C14H16N2O2S. The van der Waals surface area contributed by atoms with Crippen LogP contribution in [-0.4, -0.2) is 17.5 Å². The van der Waals surface area contributed by atoms with Gasteiger partial charge in [0.2, 0.25) is 0 Å². The second kappa shape index (κ2) is 5.84. The number of aromatic nitrogens is 1. The topological polar surface area (TPSA) is 51.2 Å². The van der Waals surface area contributed by atoms with E-state index in [1.165, 1.54) is 11.3 Å². The SMILES string of the molecule is Cc1cc(C)cc(OCC(=O)Nc2ncc(C)s2)c1. The van der Waals surface area contributed by atoms with Crippen LogP contribution in [0.15, 0.2) is 24.4 Å². The van der Waals surface area contributed by atoms with E-state index in [1.807, 2.05) is 32.9 Å². The van der Waals surface area contributed by atoms with Crippen LogP contribution in [0.25, 0.3) is 0 Å². The number of ether oxygens (including phenoxy) is 1. The summed E-state index contributed by atoms with van der Waals surface area (Å²) in [5, 5.41) is 3.31. The lowest BCUT2D eigenvalue weighted by Gasteiger charge is -2.07. The van der Waals surface area contributed by atoms with E-state index in [0.717, 1.165) is 16.0 Å². The van der Waals surface area contributed by atoms with Gasteiger partial charge in [-0.05, 0) is 44.0 Å². The van der Waals surface area contributed by atoms with Crippen LogP contribution in [0.5, 0.6) is 5.75 Å². The number of anilines is 1. The number of hydrogen-bond acceptors (Lipinski definition) is 4. The van der Waals surface area contributed by atoms with E-state index in [2.05, 4.69) is 16.4 Å². The Morgan fingerprint density at radius 1 is 1.26 bits per heavy atom. The van der Waals surface area contributed by atoms with Crippen molar-refractivity contribution >= 4 is 22.4 Å². The van der Waals surface area contributed by atoms with Gasteiger partial charge in [-0.3, -0.25) is 10.1 Å². The average Bonchev–Trinajstić information content (AvgIpc) is 2.71. The Kier molecular flexibility index (Phi) is 4.16. The summed E-state index contributed by atoms with van der Waals surface area (Å²) in [6, 6.07) is 5.88. The fraction of sp³-hybridized carbons (Fsp3) is 0.286. The number of carbonyl (C=O) groups excluding carboxylic acids is 1. The number of nitrogens with zero attached hydrogens (tertiary/aromatic N) is 1. The standard InChI is InChI=1S/C14H16N2O2S/c1-9-4-10(2)6-12(5-9)18-8-13(17)16-14-15-7-11(3)19-14/h4-7H,8H2,1-3H3,(H,15,16,17). The molecule has 0 saturated heterocycles. The molecule has 0 fully saturated rings. The van der Waals surface area contributed by atoms with Crippen molar-refractivity contribution in [2.75, 3.05) is 11.9 Å². The first-order valence-electron chi connectivity index (χ1n) is 5.96. The highest BCUT2D eigenvalue weighted by Crippen LogP contribution is 2.18. The van der Waals surface area contributed by atoms with Gasteiger partial charge in [-0.15, -0.1) is 11.3 Å². The number of benzene rings is 1. The van der Waals surface area contributed by atoms with E-state index in [0.29, 0.717) is 10.9 Å². The van der Waals surface area contributed by atoms with Gasteiger partial charge in [0, 0.05) is 11.1 Å². The highest BCUT2D eigenvalue weighted by atomic mass is 32.1. The van der Waals surface area contributed by atoms with E-state index in [9.17, 15) is 4.79 Å². The first-order chi connectivity index (χ1) is 9.02. The minimum Gasteiger partial charge on any atom is -0.484 e. The fourth-order valence-corrected chi connectivity index (χ4v) is 2.41. The third-order valence-electron chi connectivity index (χ3n) is 2.43. The Labute approximate surface area is 116 Å². The molecule has 1 heterocycles. The van der Waals surface area contributed by atoms with Crippen molar-refractivity contribution in [1.29, 1.82) is 0 Å². The summed E-state index contributed by atoms with van der Waals surface area (Å²) >= 11 is 1.44. The molecule has 19 heavy (non-hydrogen) atoms. The van der Waals surface area contributed by atoms with Crippen LogP contribution in [0, 0.1) is 20.8 Å². The molecule has 0 saturated carbocycles. The number of nitrogens with one attached hydrogen (secondary N) is 1. The zero-order valence-corrected chi connectivity index (χ0v) is 12.0. The first kappa shape index (κ1) is 13.5. The predicted molar refractivity (Wildman–Crippen MR) is 76.9 cm³/mol. The number of aryl methyl sites for hydroxylation is 3. The fourth-order valence-electron chi connectivity index (χ4n) is 1.73. The van der Waals surface area contributed by atoms with Crippen LogP contribution < -0.4 is 10.1 Å². The highest BCUT2D eigenvalue weighted by molar-refractivity contribution is 7.15. The molecule has 0 aliphatic heterocycles. The second-order valence-corrected chi connectivity index (χ2v) is 5.67. The lowest BCUT2D eigenvalue weighted by Crippen LogP contribution is -2.20. The quantitative estimate of drug-likeness (QED) is 0.933. The molecule has 0 unspecified atom stereocenters. The van der Waals surface area contributed by atoms with Crippen LogP contribution in [0.4, 0.5) is 5.13 Å². The molecule has 5 heteroatoms. The van der Waals surface area contributed by atoms with Gasteiger partial charge in [0.05, 0.1) is 0 Å².